The Labute approximate surface area is 297 Å². The van der Waals surface area contributed by atoms with Crippen LogP contribution in [0.15, 0.2) is 108 Å². The predicted octanol–water partition coefficient (Wildman–Crippen LogP) is 8.02. The van der Waals surface area contributed by atoms with Gasteiger partial charge in [0.25, 0.3) is 0 Å². The maximum absolute atomic E-state index is 12.9. The van der Waals surface area contributed by atoms with E-state index in [1.165, 1.54) is 19.3 Å². The van der Waals surface area contributed by atoms with E-state index in [1.807, 2.05) is 36.4 Å². The zero-order chi connectivity index (χ0) is 35.1. The number of nitrogens with zero attached hydrogens (tertiary/aromatic N) is 1. The van der Waals surface area contributed by atoms with Crippen LogP contribution < -0.4 is 4.72 Å². The van der Waals surface area contributed by atoms with Gasteiger partial charge >= 0.3 is 0 Å². The lowest BCUT2D eigenvalue weighted by molar-refractivity contribution is -0.276. The summed E-state index contributed by atoms with van der Waals surface area (Å²) in [5.74, 6) is 0.123. The van der Waals surface area contributed by atoms with Crippen molar-refractivity contribution in [2.75, 3.05) is 13.1 Å². The highest BCUT2D eigenvalue weighted by molar-refractivity contribution is 7.89. The second-order valence-electron chi connectivity index (χ2n) is 15.9. The number of sulfonamides is 1. The summed E-state index contributed by atoms with van der Waals surface area (Å²) >= 11 is 0. The Morgan fingerprint density at radius 2 is 1.52 bits per heavy atom. The van der Waals surface area contributed by atoms with Gasteiger partial charge in [-0.05, 0) is 70.0 Å². The van der Waals surface area contributed by atoms with Crippen LogP contribution in [-0.2, 0) is 32.6 Å². The fourth-order valence-electron chi connectivity index (χ4n) is 8.98. The number of aliphatic hydroxyl groups excluding tert-OH is 1. The minimum Gasteiger partial charge on any atom is -0.392 e. The van der Waals surface area contributed by atoms with E-state index in [0.717, 1.165) is 46.5 Å². The van der Waals surface area contributed by atoms with Crippen molar-refractivity contribution in [3.8, 4) is 11.1 Å². The van der Waals surface area contributed by atoms with Gasteiger partial charge in [-0.25, -0.2) is 13.1 Å². The van der Waals surface area contributed by atoms with Gasteiger partial charge in [0.1, 0.15) is 0 Å². The monoisotopic (exact) mass is 694 g/mol. The average Bonchev–Trinajstić information content (AvgIpc) is 3.35. The number of hydrogen-bond donors (Lipinski definition) is 2. The Bertz CT molecular complexity index is 1880. The Morgan fingerprint density at radius 3 is 2.24 bits per heavy atom. The van der Waals surface area contributed by atoms with Crippen LogP contribution in [-0.4, -0.2) is 43.7 Å². The summed E-state index contributed by atoms with van der Waals surface area (Å²) in [6, 6.07) is 33.3. The molecule has 2 bridgehead atoms. The molecule has 6 atom stereocenters. The summed E-state index contributed by atoms with van der Waals surface area (Å²) in [6.45, 7) is 11.7. The van der Waals surface area contributed by atoms with Crippen molar-refractivity contribution < 1.29 is 23.0 Å². The number of hydrogen-bond acceptors (Lipinski definition) is 6. The third-order valence-electron chi connectivity index (χ3n) is 11.1. The van der Waals surface area contributed by atoms with Gasteiger partial charge in [0, 0.05) is 37.2 Å². The maximum Gasteiger partial charge on any atom is 0.240 e. The van der Waals surface area contributed by atoms with Crippen molar-refractivity contribution in [3.63, 3.8) is 0 Å². The molecule has 0 spiro atoms. The van der Waals surface area contributed by atoms with Crippen molar-refractivity contribution in [2.24, 2.45) is 16.7 Å². The second-order valence-corrected chi connectivity index (χ2v) is 17.6. The predicted molar refractivity (Wildman–Crippen MR) is 196 cm³/mol. The summed E-state index contributed by atoms with van der Waals surface area (Å²) in [4.78, 5) is 2.94. The Hall–Kier alpha value is -3.37. The summed E-state index contributed by atoms with van der Waals surface area (Å²) in [5.41, 5.74) is 6.44. The van der Waals surface area contributed by atoms with Crippen molar-refractivity contribution >= 4 is 10.0 Å². The topological polar surface area (TPSA) is 88.1 Å². The van der Waals surface area contributed by atoms with Gasteiger partial charge in [0.15, 0.2) is 6.29 Å². The van der Waals surface area contributed by atoms with E-state index in [2.05, 4.69) is 73.7 Å². The first-order valence-electron chi connectivity index (χ1n) is 17.9. The van der Waals surface area contributed by atoms with E-state index in [0.29, 0.717) is 16.9 Å². The van der Waals surface area contributed by atoms with Crippen molar-refractivity contribution in [1.82, 2.24) is 9.62 Å². The molecule has 2 heterocycles. The molecule has 4 aromatic carbocycles. The van der Waals surface area contributed by atoms with Gasteiger partial charge in [0.2, 0.25) is 10.0 Å². The number of benzene rings is 4. The molecule has 2 N–H and O–H groups in total. The Morgan fingerprint density at radius 1 is 0.840 bits per heavy atom. The van der Waals surface area contributed by atoms with Gasteiger partial charge < -0.3 is 14.6 Å². The standard InChI is InChI=1S/C42H50N2O5S/c1-29-38(25-44-28-42(4)23-35(44)22-41(2,3)27-42)48-40(49-39(29)32-16-14-30(26-45)15-17-32)33-20-18-31(19-21-33)37-13-9-8-10-34(37)24-43-50(46,47)36-11-6-5-7-12-36/h5-21,29,35,38-40,43,45H,22-28H2,1-4H3/t29-,35?,38+,39+,40+,42?/m0/s1. The SMILES string of the molecule is C[C@H]1[C@@H](CN2CC3(C)CC2CC(C)(C)C3)O[C@@H](c2ccc(-c3ccccc3CNS(=O)(=O)c3ccccc3)cc2)O[C@H]1c1ccc(CO)cc1. The molecule has 7 rings (SSSR count). The summed E-state index contributed by atoms with van der Waals surface area (Å²) in [5, 5.41) is 9.66. The summed E-state index contributed by atoms with van der Waals surface area (Å²) in [7, 11) is -3.64. The van der Waals surface area contributed by atoms with Crippen LogP contribution in [0.4, 0.5) is 0 Å². The largest absolute Gasteiger partial charge is 0.392 e. The third kappa shape index (κ3) is 7.47. The minimum atomic E-state index is -3.64. The summed E-state index contributed by atoms with van der Waals surface area (Å²) < 4.78 is 42.3. The number of fused-ring (bicyclic) bond motifs is 2. The molecule has 0 amide bonds. The number of nitrogens with one attached hydrogen (secondary N) is 1. The van der Waals surface area contributed by atoms with Crippen molar-refractivity contribution in [1.29, 1.82) is 0 Å². The zero-order valence-electron chi connectivity index (χ0n) is 29.6. The molecule has 3 aliphatic rings. The molecule has 264 valence electrons. The van der Waals surface area contributed by atoms with E-state index in [-0.39, 0.29) is 36.2 Å². The fraction of sp³-hybridized carbons (Fsp3) is 0.429. The Balaban J connectivity index is 1.12. The molecule has 4 aromatic rings. The molecule has 1 aliphatic carbocycles. The van der Waals surface area contributed by atoms with E-state index in [9.17, 15) is 13.5 Å². The van der Waals surface area contributed by atoms with Gasteiger partial charge in [-0.1, -0.05) is 119 Å². The van der Waals surface area contributed by atoms with E-state index in [1.54, 1.807) is 30.3 Å². The molecular weight excluding hydrogens is 645 g/mol. The van der Waals surface area contributed by atoms with Gasteiger partial charge in [-0.15, -0.1) is 0 Å². The van der Waals surface area contributed by atoms with Crippen LogP contribution >= 0.6 is 0 Å². The molecule has 2 saturated heterocycles. The van der Waals surface area contributed by atoms with Gasteiger partial charge in [0.05, 0.1) is 23.7 Å². The third-order valence-corrected chi connectivity index (χ3v) is 12.5. The number of likely N-dealkylation sites (tertiary alicyclic amines) is 1. The molecule has 1 saturated carbocycles. The van der Waals surface area contributed by atoms with E-state index < -0.39 is 16.3 Å². The van der Waals surface area contributed by atoms with E-state index in [4.69, 9.17) is 9.47 Å². The highest BCUT2D eigenvalue weighted by Crippen LogP contribution is 2.53. The molecule has 7 nitrogen and oxygen atoms in total. The molecule has 0 radical (unpaired) electrons. The lowest BCUT2D eigenvalue weighted by Gasteiger charge is -2.43. The van der Waals surface area contributed by atoms with E-state index >= 15 is 0 Å². The van der Waals surface area contributed by atoms with Crippen LogP contribution in [0, 0.1) is 16.7 Å². The lowest BCUT2D eigenvalue weighted by atomic mass is 9.65. The smallest absolute Gasteiger partial charge is 0.240 e. The van der Waals surface area contributed by atoms with Gasteiger partial charge in [-0.2, -0.15) is 0 Å². The molecule has 0 aromatic heterocycles. The lowest BCUT2D eigenvalue weighted by Crippen LogP contribution is -2.46. The zero-order valence-corrected chi connectivity index (χ0v) is 30.4. The first kappa shape index (κ1) is 35.1. The van der Waals surface area contributed by atoms with Crippen LogP contribution in [0.2, 0.25) is 0 Å². The van der Waals surface area contributed by atoms with Gasteiger partial charge in [-0.3, -0.25) is 4.90 Å². The molecular formula is C42H50N2O5S. The molecule has 8 heteroatoms. The minimum absolute atomic E-state index is 0.00949. The molecule has 2 aliphatic heterocycles. The fourth-order valence-corrected chi connectivity index (χ4v) is 10.0. The number of ether oxygens (including phenoxy) is 2. The quantitative estimate of drug-likeness (QED) is 0.175. The first-order chi connectivity index (χ1) is 23.9. The normalized spacial score (nSPS) is 28.1. The maximum atomic E-state index is 12.9. The highest BCUT2D eigenvalue weighted by Gasteiger charge is 2.51. The molecule has 2 unspecified atom stereocenters. The van der Waals surface area contributed by atoms with Crippen molar-refractivity contribution in [2.45, 2.75) is 89.5 Å². The molecule has 3 fully saturated rings. The first-order valence-corrected chi connectivity index (χ1v) is 19.4. The van der Waals surface area contributed by atoms with Crippen molar-refractivity contribution in [3.05, 3.63) is 125 Å². The van der Waals surface area contributed by atoms with Crippen LogP contribution in [0.25, 0.3) is 11.1 Å². The summed E-state index contributed by atoms with van der Waals surface area (Å²) in [6.07, 6.45) is 2.98. The van der Waals surface area contributed by atoms with Crippen LogP contribution in [0.3, 0.4) is 0 Å². The van der Waals surface area contributed by atoms with Crippen LogP contribution in [0.1, 0.15) is 81.6 Å². The Kier molecular flexibility index (Phi) is 9.80. The number of aliphatic hydroxyl groups is 1. The highest BCUT2D eigenvalue weighted by atomic mass is 32.2. The number of rotatable bonds is 10. The molecule has 50 heavy (non-hydrogen) atoms. The average molecular weight is 695 g/mol. The second kappa shape index (κ2) is 14.0. The van der Waals surface area contributed by atoms with Crippen LogP contribution in [0.5, 0.6) is 0 Å².